The summed E-state index contributed by atoms with van der Waals surface area (Å²) in [6, 6.07) is 1.85. The number of hydrogen-bond donors (Lipinski definition) is 2. The molecule has 84 valence electrons. The van der Waals surface area contributed by atoms with E-state index in [1.165, 1.54) is 11.3 Å². The highest BCUT2D eigenvalue weighted by Crippen LogP contribution is 2.20. The Hall–Kier alpha value is -0.100. The van der Waals surface area contributed by atoms with E-state index in [9.17, 15) is 4.79 Å². The van der Waals surface area contributed by atoms with Crippen molar-refractivity contribution in [3.8, 4) is 0 Å². The van der Waals surface area contributed by atoms with Crippen LogP contribution in [-0.2, 0) is 0 Å². The third kappa shape index (κ3) is 3.45. The van der Waals surface area contributed by atoms with Gasteiger partial charge in [-0.05, 0) is 22.0 Å². The normalized spacial score (nSPS) is 15.3. The van der Waals surface area contributed by atoms with Gasteiger partial charge in [-0.2, -0.15) is 0 Å². The molecular formula is C9H12BrClN2OS. The minimum absolute atomic E-state index is 0. The first-order valence-electron chi connectivity index (χ1n) is 4.48. The van der Waals surface area contributed by atoms with Crippen molar-refractivity contribution in [2.75, 3.05) is 19.6 Å². The summed E-state index contributed by atoms with van der Waals surface area (Å²) in [7, 11) is 0. The molecule has 1 aromatic heterocycles. The Kier molecular flexibility index (Phi) is 5.05. The second-order valence-corrected chi connectivity index (χ2v) is 5.66. The Morgan fingerprint density at radius 3 is 2.87 bits per heavy atom. The van der Waals surface area contributed by atoms with E-state index >= 15 is 0 Å². The van der Waals surface area contributed by atoms with E-state index < -0.39 is 0 Å². The maximum Gasteiger partial charge on any atom is 0.252 e. The molecule has 1 amide bonds. The summed E-state index contributed by atoms with van der Waals surface area (Å²) in [5, 5.41) is 7.95. The van der Waals surface area contributed by atoms with E-state index in [-0.39, 0.29) is 18.3 Å². The Labute approximate surface area is 107 Å². The molecule has 1 saturated heterocycles. The number of carbonyl (C=O) groups excluding carboxylic acids is 1. The first-order valence-corrected chi connectivity index (χ1v) is 6.16. The van der Waals surface area contributed by atoms with Gasteiger partial charge in [0, 0.05) is 30.9 Å². The van der Waals surface area contributed by atoms with Crippen LogP contribution >= 0.6 is 39.7 Å². The summed E-state index contributed by atoms with van der Waals surface area (Å²) in [5.41, 5.74) is 0.745. The Morgan fingerprint density at radius 1 is 1.67 bits per heavy atom. The standard InChI is InChI=1S/C9H11BrN2OS.ClH/c10-8-1-7(5-14-8)9(13)12-4-6-2-11-3-6;/h1,5-6,11H,2-4H2,(H,12,13);1H. The number of amides is 1. The molecule has 0 unspecified atom stereocenters. The predicted molar refractivity (Wildman–Crippen MR) is 68.0 cm³/mol. The van der Waals surface area contributed by atoms with Gasteiger partial charge in [0.1, 0.15) is 0 Å². The first-order chi connectivity index (χ1) is 6.75. The van der Waals surface area contributed by atoms with Gasteiger partial charge in [0.05, 0.1) is 9.35 Å². The van der Waals surface area contributed by atoms with E-state index in [2.05, 4.69) is 26.6 Å². The van der Waals surface area contributed by atoms with Crippen LogP contribution in [-0.4, -0.2) is 25.5 Å². The SMILES string of the molecule is Cl.O=C(NCC1CNC1)c1csc(Br)c1. The Bertz CT molecular complexity index is 341. The summed E-state index contributed by atoms with van der Waals surface area (Å²) < 4.78 is 0.993. The highest BCUT2D eigenvalue weighted by molar-refractivity contribution is 9.11. The van der Waals surface area contributed by atoms with Gasteiger partial charge in [-0.15, -0.1) is 23.7 Å². The van der Waals surface area contributed by atoms with Gasteiger partial charge < -0.3 is 10.6 Å². The lowest BCUT2D eigenvalue weighted by Crippen LogP contribution is -2.48. The van der Waals surface area contributed by atoms with E-state index in [1.54, 1.807) is 0 Å². The molecule has 1 fully saturated rings. The number of carbonyl (C=O) groups is 1. The molecule has 0 saturated carbocycles. The van der Waals surface area contributed by atoms with Crippen LogP contribution in [0.5, 0.6) is 0 Å². The molecule has 0 radical (unpaired) electrons. The Morgan fingerprint density at radius 2 is 2.40 bits per heavy atom. The minimum Gasteiger partial charge on any atom is -0.352 e. The molecule has 0 aromatic carbocycles. The molecule has 0 spiro atoms. The van der Waals surface area contributed by atoms with Crippen LogP contribution in [0.4, 0.5) is 0 Å². The fourth-order valence-electron chi connectivity index (χ4n) is 1.26. The molecule has 2 heterocycles. The number of thiophene rings is 1. The first kappa shape index (κ1) is 13.0. The topological polar surface area (TPSA) is 41.1 Å². The van der Waals surface area contributed by atoms with Crippen LogP contribution in [0.15, 0.2) is 15.2 Å². The van der Waals surface area contributed by atoms with Gasteiger partial charge in [-0.25, -0.2) is 0 Å². The molecule has 15 heavy (non-hydrogen) atoms. The predicted octanol–water partition coefficient (Wildman–Crippen LogP) is 1.88. The van der Waals surface area contributed by atoms with E-state index in [0.29, 0.717) is 5.92 Å². The molecule has 2 rings (SSSR count). The van der Waals surface area contributed by atoms with Gasteiger partial charge in [-0.1, -0.05) is 0 Å². The quantitative estimate of drug-likeness (QED) is 0.895. The van der Waals surface area contributed by atoms with Crippen LogP contribution in [0.25, 0.3) is 0 Å². The van der Waals surface area contributed by atoms with Gasteiger partial charge in [0.2, 0.25) is 0 Å². The molecule has 0 bridgehead atoms. The number of hydrogen-bond acceptors (Lipinski definition) is 3. The van der Waals surface area contributed by atoms with Crippen molar-refractivity contribution in [3.05, 3.63) is 20.8 Å². The van der Waals surface area contributed by atoms with Crippen molar-refractivity contribution in [2.45, 2.75) is 0 Å². The van der Waals surface area contributed by atoms with Crippen LogP contribution in [0, 0.1) is 5.92 Å². The largest absolute Gasteiger partial charge is 0.352 e. The molecule has 1 aliphatic rings. The molecule has 0 atom stereocenters. The minimum atomic E-state index is 0. The molecule has 1 aromatic rings. The highest BCUT2D eigenvalue weighted by Gasteiger charge is 2.17. The molecule has 0 aliphatic carbocycles. The number of nitrogens with one attached hydrogen (secondary N) is 2. The second-order valence-electron chi connectivity index (χ2n) is 3.37. The molecule has 3 nitrogen and oxygen atoms in total. The monoisotopic (exact) mass is 310 g/mol. The third-order valence-corrected chi connectivity index (χ3v) is 3.75. The van der Waals surface area contributed by atoms with Gasteiger partial charge in [-0.3, -0.25) is 4.79 Å². The Balaban J connectivity index is 0.00000112. The molecule has 6 heteroatoms. The van der Waals surface area contributed by atoms with E-state index in [1.807, 2.05) is 11.4 Å². The van der Waals surface area contributed by atoms with Crippen molar-refractivity contribution in [3.63, 3.8) is 0 Å². The summed E-state index contributed by atoms with van der Waals surface area (Å²) in [6.07, 6.45) is 0. The second kappa shape index (κ2) is 5.84. The van der Waals surface area contributed by atoms with Crippen LogP contribution in [0.2, 0.25) is 0 Å². The van der Waals surface area contributed by atoms with Gasteiger partial charge in [0.15, 0.2) is 0 Å². The average molecular weight is 312 g/mol. The van der Waals surface area contributed by atoms with Crippen molar-refractivity contribution >= 4 is 45.6 Å². The number of halogens is 2. The van der Waals surface area contributed by atoms with Crippen molar-refractivity contribution < 1.29 is 4.79 Å². The molecular weight excluding hydrogens is 300 g/mol. The lowest BCUT2D eigenvalue weighted by atomic mass is 10.0. The lowest BCUT2D eigenvalue weighted by molar-refractivity contribution is 0.0942. The highest BCUT2D eigenvalue weighted by atomic mass is 79.9. The third-order valence-electron chi connectivity index (χ3n) is 2.25. The summed E-state index contributed by atoms with van der Waals surface area (Å²) in [4.78, 5) is 11.6. The fourth-order valence-corrected chi connectivity index (χ4v) is 2.40. The summed E-state index contributed by atoms with van der Waals surface area (Å²) in [6.45, 7) is 2.82. The maximum atomic E-state index is 11.6. The van der Waals surface area contributed by atoms with E-state index in [4.69, 9.17) is 0 Å². The van der Waals surface area contributed by atoms with E-state index in [0.717, 1.165) is 29.0 Å². The molecule has 1 aliphatic heterocycles. The fraction of sp³-hybridized carbons (Fsp3) is 0.444. The lowest BCUT2D eigenvalue weighted by Gasteiger charge is -2.26. The average Bonchev–Trinajstić information content (AvgIpc) is 2.49. The van der Waals surface area contributed by atoms with Crippen LogP contribution in [0.3, 0.4) is 0 Å². The van der Waals surface area contributed by atoms with Crippen LogP contribution < -0.4 is 10.6 Å². The smallest absolute Gasteiger partial charge is 0.252 e. The zero-order valence-corrected chi connectivity index (χ0v) is 11.2. The summed E-state index contributed by atoms with van der Waals surface area (Å²) >= 11 is 4.86. The maximum absolute atomic E-state index is 11.6. The summed E-state index contributed by atoms with van der Waals surface area (Å²) in [5.74, 6) is 0.639. The zero-order valence-electron chi connectivity index (χ0n) is 7.96. The van der Waals surface area contributed by atoms with Crippen molar-refractivity contribution in [1.29, 1.82) is 0 Å². The van der Waals surface area contributed by atoms with Crippen molar-refractivity contribution in [1.82, 2.24) is 10.6 Å². The van der Waals surface area contributed by atoms with Crippen LogP contribution in [0.1, 0.15) is 10.4 Å². The van der Waals surface area contributed by atoms with Crippen molar-refractivity contribution in [2.24, 2.45) is 5.92 Å². The number of rotatable bonds is 3. The van der Waals surface area contributed by atoms with Gasteiger partial charge in [0.25, 0.3) is 5.91 Å². The zero-order chi connectivity index (χ0) is 9.97. The molecule has 2 N–H and O–H groups in total. The van der Waals surface area contributed by atoms with Gasteiger partial charge >= 0.3 is 0 Å².